The SMILES string of the molecule is CN[C@H]1CCN(CC(c2cccc(Cl)c2)C2(O)CCCCC2)C1. The Morgan fingerprint density at radius 3 is 2.78 bits per heavy atom. The Hall–Kier alpha value is -0.610. The van der Waals surface area contributed by atoms with E-state index >= 15 is 0 Å². The van der Waals surface area contributed by atoms with Gasteiger partial charge in [-0.1, -0.05) is 43.0 Å². The van der Waals surface area contributed by atoms with Gasteiger partial charge >= 0.3 is 0 Å². The number of likely N-dealkylation sites (N-methyl/N-ethyl adjacent to an activating group) is 1. The highest BCUT2D eigenvalue weighted by atomic mass is 35.5. The molecular formula is C19H29ClN2O. The summed E-state index contributed by atoms with van der Waals surface area (Å²) in [6, 6.07) is 8.69. The standard InChI is InChI=1S/C19H29ClN2O/c1-21-17-8-11-22(13-17)14-18(15-6-5-7-16(20)12-15)19(23)9-3-2-4-10-19/h5-7,12,17-18,21,23H,2-4,8-11,13-14H2,1H3/t17-,18?/m0/s1. The van der Waals surface area contributed by atoms with Gasteiger partial charge in [0.1, 0.15) is 0 Å². The van der Waals surface area contributed by atoms with Crippen LogP contribution < -0.4 is 5.32 Å². The molecule has 1 aromatic carbocycles. The molecule has 3 nitrogen and oxygen atoms in total. The van der Waals surface area contributed by atoms with E-state index in [-0.39, 0.29) is 5.92 Å². The van der Waals surface area contributed by atoms with Gasteiger partial charge in [-0.25, -0.2) is 0 Å². The monoisotopic (exact) mass is 336 g/mol. The van der Waals surface area contributed by atoms with E-state index < -0.39 is 5.60 Å². The molecule has 1 saturated carbocycles. The van der Waals surface area contributed by atoms with Crippen LogP contribution in [0.3, 0.4) is 0 Å². The first-order chi connectivity index (χ1) is 11.1. The Balaban J connectivity index is 1.81. The summed E-state index contributed by atoms with van der Waals surface area (Å²) in [7, 11) is 2.04. The Morgan fingerprint density at radius 1 is 1.35 bits per heavy atom. The predicted octanol–water partition coefficient (Wildman–Crippen LogP) is 3.41. The minimum Gasteiger partial charge on any atom is -0.389 e. The summed E-state index contributed by atoms with van der Waals surface area (Å²) < 4.78 is 0. The Morgan fingerprint density at radius 2 is 2.13 bits per heavy atom. The zero-order valence-electron chi connectivity index (χ0n) is 14.1. The second-order valence-corrected chi connectivity index (χ2v) is 7.74. The van der Waals surface area contributed by atoms with Crippen LogP contribution in [-0.4, -0.2) is 48.3 Å². The lowest BCUT2D eigenvalue weighted by Crippen LogP contribution is -2.44. The van der Waals surface area contributed by atoms with E-state index in [0.717, 1.165) is 50.3 Å². The number of aliphatic hydroxyl groups is 1. The molecule has 2 atom stereocenters. The molecule has 0 spiro atoms. The van der Waals surface area contributed by atoms with E-state index in [1.54, 1.807) is 0 Å². The van der Waals surface area contributed by atoms with E-state index in [9.17, 15) is 5.11 Å². The molecule has 2 aliphatic rings. The van der Waals surface area contributed by atoms with Gasteiger partial charge in [-0.3, -0.25) is 0 Å². The highest BCUT2D eigenvalue weighted by Crippen LogP contribution is 2.41. The molecule has 0 radical (unpaired) electrons. The highest BCUT2D eigenvalue weighted by Gasteiger charge is 2.40. The first-order valence-electron chi connectivity index (χ1n) is 8.98. The normalized spacial score (nSPS) is 26.3. The minimum absolute atomic E-state index is 0.150. The molecule has 0 amide bonds. The third-order valence-corrected chi connectivity index (χ3v) is 5.98. The Kier molecular flexibility index (Phi) is 5.63. The summed E-state index contributed by atoms with van der Waals surface area (Å²) in [5.74, 6) is 0.150. The maximum Gasteiger partial charge on any atom is 0.0728 e. The van der Waals surface area contributed by atoms with Crippen molar-refractivity contribution in [1.82, 2.24) is 10.2 Å². The number of nitrogens with zero attached hydrogens (tertiary/aromatic N) is 1. The fraction of sp³-hybridized carbons (Fsp3) is 0.684. The van der Waals surface area contributed by atoms with E-state index in [4.69, 9.17) is 11.6 Å². The van der Waals surface area contributed by atoms with Crippen LogP contribution in [0.4, 0.5) is 0 Å². The molecule has 2 N–H and O–H groups in total. The van der Waals surface area contributed by atoms with Crippen molar-refractivity contribution in [3.05, 3.63) is 34.9 Å². The lowest BCUT2D eigenvalue weighted by molar-refractivity contribution is -0.0295. The van der Waals surface area contributed by atoms with Crippen molar-refractivity contribution in [2.24, 2.45) is 0 Å². The first kappa shape index (κ1) is 17.2. The number of rotatable bonds is 5. The second kappa shape index (κ2) is 7.52. The first-order valence-corrected chi connectivity index (χ1v) is 9.36. The van der Waals surface area contributed by atoms with Gasteiger partial charge in [0.2, 0.25) is 0 Å². The quantitative estimate of drug-likeness (QED) is 0.865. The molecule has 128 valence electrons. The number of benzene rings is 1. The van der Waals surface area contributed by atoms with Crippen LogP contribution in [0.5, 0.6) is 0 Å². The number of hydrogen-bond donors (Lipinski definition) is 2. The highest BCUT2D eigenvalue weighted by molar-refractivity contribution is 6.30. The van der Waals surface area contributed by atoms with Gasteiger partial charge in [0.25, 0.3) is 0 Å². The van der Waals surface area contributed by atoms with Crippen LogP contribution in [0.25, 0.3) is 0 Å². The van der Waals surface area contributed by atoms with Crippen LogP contribution >= 0.6 is 11.6 Å². The lowest BCUT2D eigenvalue weighted by atomic mass is 9.72. The summed E-state index contributed by atoms with van der Waals surface area (Å²) in [5, 5.41) is 15.5. The molecule has 1 aromatic rings. The molecule has 1 aliphatic heterocycles. The number of halogens is 1. The number of nitrogens with one attached hydrogen (secondary N) is 1. The zero-order chi connectivity index (χ0) is 16.3. The van der Waals surface area contributed by atoms with Crippen molar-refractivity contribution in [2.75, 3.05) is 26.7 Å². The van der Waals surface area contributed by atoms with Crippen LogP contribution in [0.1, 0.15) is 50.0 Å². The molecule has 2 fully saturated rings. The molecule has 1 unspecified atom stereocenters. The molecule has 3 rings (SSSR count). The predicted molar refractivity (Wildman–Crippen MR) is 96.1 cm³/mol. The fourth-order valence-corrected chi connectivity index (χ4v) is 4.51. The molecular weight excluding hydrogens is 308 g/mol. The third-order valence-electron chi connectivity index (χ3n) is 5.74. The summed E-state index contributed by atoms with van der Waals surface area (Å²) in [6.45, 7) is 3.11. The average molecular weight is 337 g/mol. The van der Waals surface area contributed by atoms with Crippen molar-refractivity contribution < 1.29 is 5.11 Å². The maximum absolute atomic E-state index is 11.4. The summed E-state index contributed by atoms with van der Waals surface area (Å²) in [5.41, 5.74) is 0.607. The number of likely N-dealkylation sites (tertiary alicyclic amines) is 1. The average Bonchev–Trinajstić information content (AvgIpc) is 3.01. The summed E-state index contributed by atoms with van der Waals surface area (Å²) in [4.78, 5) is 2.50. The largest absolute Gasteiger partial charge is 0.389 e. The van der Waals surface area contributed by atoms with Crippen LogP contribution in [-0.2, 0) is 0 Å². The van der Waals surface area contributed by atoms with Crippen LogP contribution in [0.2, 0.25) is 5.02 Å². The van der Waals surface area contributed by atoms with Crippen molar-refractivity contribution in [3.8, 4) is 0 Å². The van der Waals surface area contributed by atoms with Gasteiger partial charge in [0.05, 0.1) is 5.60 Å². The summed E-state index contributed by atoms with van der Waals surface area (Å²) >= 11 is 6.23. The molecule has 1 heterocycles. The van der Waals surface area contributed by atoms with E-state index in [1.807, 2.05) is 25.2 Å². The van der Waals surface area contributed by atoms with Crippen molar-refractivity contribution in [1.29, 1.82) is 0 Å². The Labute approximate surface area is 145 Å². The smallest absolute Gasteiger partial charge is 0.0728 e. The Bertz CT molecular complexity index is 516. The van der Waals surface area contributed by atoms with Gasteiger partial charge in [-0.15, -0.1) is 0 Å². The van der Waals surface area contributed by atoms with Gasteiger partial charge in [-0.05, 0) is 50.6 Å². The zero-order valence-corrected chi connectivity index (χ0v) is 14.9. The number of hydrogen-bond acceptors (Lipinski definition) is 3. The van der Waals surface area contributed by atoms with Crippen molar-refractivity contribution in [3.63, 3.8) is 0 Å². The third kappa shape index (κ3) is 4.08. The molecule has 1 aliphatic carbocycles. The molecule has 23 heavy (non-hydrogen) atoms. The lowest BCUT2D eigenvalue weighted by Gasteiger charge is -2.41. The maximum atomic E-state index is 11.4. The molecule has 0 bridgehead atoms. The molecule has 0 aromatic heterocycles. The molecule has 4 heteroatoms. The van der Waals surface area contributed by atoms with E-state index in [2.05, 4.69) is 16.3 Å². The van der Waals surface area contributed by atoms with Gasteiger partial charge in [0, 0.05) is 30.1 Å². The molecule has 1 saturated heterocycles. The minimum atomic E-state index is -0.583. The van der Waals surface area contributed by atoms with Crippen LogP contribution in [0, 0.1) is 0 Å². The van der Waals surface area contributed by atoms with Crippen LogP contribution in [0.15, 0.2) is 24.3 Å². The second-order valence-electron chi connectivity index (χ2n) is 7.31. The summed E-state index contributed by atoms with van der Waals surface area (Å²) in [6.07, 6.45) is 6.52. The van der Waals surface area contributed by atoms with E-state index in [1.165, 1.54) is 18.4 Å². The fourth-order valence-electron chi connectivity index (χ4n) is 4.31. The van der Waals surface area contributed by atoms with Crippen molar-refractivity contribution in [2.45, 2.75) is 56.1 Å². The van der Waals surface area contributed by atoms with Crippen molar-refractivity contribution >= 4 is 11.6 Å². The van der Waals surface area contributed by atoms with E-state index in [0.29, 0.717) is 6.04 Å². The van der Waals surface area contributed by atoms with Gasteiger partial charge < -0.3 is 15.3 Å². The van der Waals surface area contributed by atoms with Gasteiger partial charge in [0.15, 0.2) is 0 Å². The van der Waals surface area contributed by atoms with Gasteiger partial charge in [-0.2, -0.15) is 0 Å². The topological polar surface area (TPSA) is 35.5 Å².